The van der Waals surface area contributed by atoms with E-state index in [0.29, 0.717) is 29.4 Å². The number of hydrogen-bond acceptors (Lipinski definition) is 6. The van der Waals surface area contributed by atoms with Crippen LogP contribution in [0.15, 0.2) is 54.7 Å². The number of benzene rings is 1. The second-order valence-electron chi connectivity index (χ2n) is 7.44. The van der Waals surface area contributed by atoms with Gasteiger partial charge in [-0.2, -0.15) is 0 Å². The number of ether oxygens (including phenoxy) is 2. The normalized spacial score (nSPS) is 16.3. The van der Waals surface area contributed by atoms with Crippen molar-refractivity contribution in [1.29, 1.82) is 0 Å². The van der Waals surface area contributed by atoms with Gasteiger partial charge in [0.2, 0.25) is 0 Å². The first-order valence-electron chi connectivity index (χ1n) is 10.0. The fourth-order valence-electron chi connectivity index (χ4n) is 3.71. The van der Waals surface area contributed by atoms with Gasteiger partial charge in [-0.3, -0.25) is 10.2 Å². The van der Waals surface area contributed by atoms with Crippen molar-refractivity contribution < 1.29 is 23.0 Å². The maximum Gasteiger partial charge on any atom is 0.586 e. The molecule has 5 rings (SSSR count). The van der Waals surface area contributed by atoms with Gasteiger partial charge in [0.05, 0.1) is 11.4 Å². The number of urea groups is 1. The summed E-state index contributed by atoms with van der Waals surface area (Å²) in [7, 11) is 1.93. The van der Waals surface area contributed by atoms with Crippen LogP contribution in [0.4, 0.5) is 30.9 Å². The lowest BCUT2D eigenvalue weighted by Gasteiger charge is -2.24. The molecule has 2 amide bonds. The molecule has 2 aliphatic rings. The molecule has 0 atom stereocenters. The Labute approximate surface area is 182 Å². The molecule has 32 heavy (non-hydrogen) atoms. The van der Waals surface area contributed by atoms with Gasteiger partial charge in [0.25, 0.3) is 0 Å². The van der Waals surface area contributed by atoms with Gasteiger partial charge < -0.3 is 14.4 Å². The van der Waals surface area contributed by atoms with E-state index in [1.54, 1.807) is 41.4 Å². The Bertz CT molecular complexity index is 1180. The molecule has 0 radical (unpaired) electrons. The lowest BCUT2D eigenvalue weighted by molar-refractivity contribution is -0.286. The molecule has 0 fully saturated rings. The summed E-state index contributed by atoms with van der Waals surface area (Å²) < 4.78 is 35.8. The number of hydrogen-bond donors (Lipinski definition) is 1. The Morgan fingerprint density at radius 3 is 2.75 bits per heavy atom. The van der Waals surface area contributed by atoms with Crippen molar-refractivity contribution in [3.05, 3.63) is 54.7 Å². The molecule has 1 aromatic carbocycles. The van der Waals surface area contributed by atoms with Gasteiger partial charge in [-0.1, -0.05) is 6.07 Å². The van der Waals surface area contributed by atoms with Crippen LogP contribution in [0.1, 0.15) is 6.42 Å². The van der Waals surface area contributed by atoms with E-state index in [-0.39, 0.29) is 17.5 Å². The first-order valence-corrected chi connectivity index (χ1v) is 10.0. The molecule has 3 aromatic rings. The van der Waals surface area contributed by atoms with Crippen molar-refractivity contribution >= 4 is 23.4 Å². The summed E-state index contributed by atoms with van der Waals surface area (Å²) in [5.74, 6) is 0.805. The lowest BCUT2D eigenvalue weighted by Crippen LogP contribution is -2.36. The zero-order chi connectivity index (χ0) is 22.3. The number of aromatic nitrogens is 2. The molecule has 1 N–H and O–H groups in total. The number of carbonyl (C=O) groups excluding carboxylic acids is 1. The third-order valence-corrected chi connectivity index (χ3v) is 5.24. The van der Waals surface area contributed by atoms with Crippen molar-refractivity contribution in [1.82, 2.24) is 9.97 Å². The maximum absolute atomic E-state index is 13.4. The van der Waals surface area contributed by atoms with Crippen LogP contribution >= 0.6 is 0 Å². The van der Waals surface area contributed by atoms with E-state index in [2.05, 4.69) is 19.8 Å². The highest BCUT2D eigenvalue weighted by molar-refractivity contribution is 6.03. The Hall–Kier alpha value is -3.95. The summed E-state index contributed by atoms with van der Waals surface area (Å²) in [5, 5.41) is 2.79. The second-order valence-corrected chi connectivity index (χ2v) is 7.44. The summed E-state index contributed by atoms with van der Waals surface area (Å²) in [5.41, 5.74) is 1.86. The van der Waals surface area contributed by atoms with E-state index >= 15 is 0 Å². The molecule has 0 unspecified atom stereocenters. The van der Waals surface area contributed by atoms with Gasteiger partial charge in [-0.15, -0.1) is 8.78 Å². The van der Waals surface area contributed by atoms with Gasteiger partial charge in [-0.05, 0) is 48.9 Å². The van der Waals surface area contributed by atoms with Crippen LogP contribution in [0.2, 0.25) is 0 Å². The van der Waals surface area contributed by atoms with Crippen molar-refractivity contribution in [2.45, 2.75) is 12.7 Å². The average molecular weight is 439 g/mol. The van der Waals surface area contributed by atoms with Gasteiger partial charge >= 0.3 is 12.3 Å². The minimum absolute atomic E-state index is 0.0374. The largest absolute Gasteiger partial charge is 0.586 e. The van der Waals surface area contributed by atoms with Crippen molar-refractivity contribution in [2.75, 3.05) is 35.3 Å². The van der Waals surface area contributed by atoms with Gasteiger partial charge in [0.1, 0.15) is 5.82 Å². The van der Waals surface area contributed by atoms with Crippen LogP contribution in [0.5, 0.6) is 11.5 Å². The monoisotopic (exact) mass is 439 g/mol. The standard InChI is InChI=1S/C22H19F2N5O3/c1-28-11-4-12-29(21(30)27-19-5-2-3-10-25-19)20-16(28)8-7-15(26-20)14-6-9-17-18(13-14)32-22(23,24)31-17/h2-3,5-10,13H,4,11-12H2,1H3,(H,25,27,30). The van der Waals surface area contributed by atoms with E-state index in [4.69, 9.17) is 4.98 Å². The summed E-state index contributed by atoms with van der Waals surface area (Å²) in [6.45, 7) is 1.21. The van der Waals surface area contributed by atoms with Crippen LogP contribution in [0, 0.1) is 0 Å². The predicted molar refractivity (Wildman–Crippen MR) is 114 cm³/mol. The molecule has 8 nitrogen and oxygen atoms in total. The zero-order valence-electron chi connectivity index (χ0n) is 17.1. The Morgan fingerprint density at radius 2 is 1.94 bits per heavy atom. The van der Waals surface area contributed by atoms with Crippen molar-refractivity contribution in [3.63, 3.8) is 0 Å². The summed E-state index contributed by atoms with van der Waals surface area (Å²) in [6.07, 6.45) is -1.35. The molecule has 0 saturated carbocycles. The number of carbonyl (C=O) groups is 1. The van der Waals surface area contributed by atoms with E-state index in [9.17, 15) is 13.6 Å². The summed E-state index contributed by atoms with van der Waals surface area (Å²) in [6, 6.07) is 13.0. The van der Waals surface area contributed by atoms with E-state index in [0.717, 1.165) is 18.7 Å². The Balaban J connectivity index is 1.50. The molecule has 2 aliphatic heterocycles. The number of rotatable bonds is 2. The maximum atomic E-state index is 13.4. The van der Waals surface area contributed by atoms with Crippen molar-refractivity contribution in [3.8, 4) is 22.8 Å². The highest BCUT2D eigenvalue weighted by atomic mass is 19.3. The van der Waals surface area contributed by atoms with Crippen molar-refractivity contribution in [2.24, 2.45) is 0 Å². The van der Waals surface area contributed by atoms with Gasteiger partial charge in [0, 0.05) is 31.9 Å². The van der Waals surface area contributed by atoms with Crippen LogP contribution in [-0.4, -0.2) is 42.4 Å². The summed E-state index contributed by atoms with van der Waals surface area (Å²) in [4.78, 5) is 25.5. The number of fused-ring (bicyclic) bond motifs is 2. The number of amides is 2. The molecule has 0 aliphatic carbocycles. The smallest absolute Gasteiger partial charge is 0.395 e. The molecular weight excluding hydrogens is 420 g/mol. The number of alkyl halides is 2. The minimum atomic E-state index is -3.69. The Morgan fingerprint density at radius 1 is 1.09 bits per heavy atom. The second kappa shape index (κ2) is 7.63. The quantitative estimate of drug-likeness (QED) is 0.640. The Kier molecular flexibility index (Phi) is 4.76. The number of nitrogens with one attached hydrogen (secondary N) is 1. The fourth-order valence-corrected chi connectivity index (χ4v) is 3.71. The van der Waals surface area contributed by atoms with Crippen LogP contribution in [0.3, 0.4) is 0 Å². The van der Waals surface area contributed by atoms with Crippen LogP contribution < -0.4 is 24.6 Å². The van der Waals surface area contributed by atoms with E-state index < -0.39 is 6.29 Å². The molecular formula is C22H19F2N5O3. The number of pyridine rings is 2. The number of halogens is 2. The third-order valence-electron chi connectivity index (χ3n) is 5.24. The van der Waals surface area contributed by atoms with E-state index in [1.807, 2.05) is 18.0 Å². The average Bonchev–Trinajstić information content (AvgIpc) is 2.99. The number of nitrogens with zero attached hydrogens (tertiary/aromatic N) is 4. The number of anilines is 3. The zero-order valence-corrected chi connectivity index (χ0v) is 17.1. The molecule has 2 aromatic heterocycles. The third kappa shape index (κ3) is 3.75. The van der Waals surface area contributed by atoms with Crippen LogP contribution in [0.25, 0.3) is 11.3 Å². The highest BCUT2D eigenvalue weighted by Gasteiger charge is 2.43. The van der Waals surface area contributed by atoms with Crippen LogP contribution in [-0.2, 0) is 0 Å². The molecule has 0 spiro atoms. The predicted octanol–water partition coefficient (Wildman–Crippen LogP) is 4.34. The fraction of sp³-hybridized carbons (Fsp3) is 0.227. The molecule has 0 bridgehead atoms. The minimum Gasteiger partial charge on any atom is -0.395 e. The first-order chi connectivity index (χ1) is 15.4. The lowest BCUT2D eigenvalue weighted by atomic mass is 10.1. The van der Waals surface area contributed by atoms with E-state index in [1.165, 1.54) is 12.1 Å². The topological polar surface area (TPSA) is 79.8 Å². The SMILES string of the molecule is CN1CCCN(C(=O)Nc2ccccn2)c2nc(-c3ccc4c(c3)OC(F)(F)O4)ccc21. The first kappa shape index (κ1) is 20.0. The molecule has 10 heteroatoms. The molecule has 164 valence electrons. The highest BCUT2D eigenvalue weighted by Crippen LogP contribution is 2.43. The van der Waals surface area contributed by atoms with Gasteiger partial charge in [0.15, 0.2) is 17.3 Å². The van der Waals surface area contributed by atoms with Gasteiger partial charge in [-0.25, -0.2) is 14.8 Å². The summed E-state index contributed by atoms with van der Waals surface area (Å²) >= 11 is 0. The molecule has 0 saturated heterocycles. The molecule has 4 heterocycles.